The van der Waals surface area contributed by atoms with Gasteiger partial charge in [0.05, 0.1) is 6.54 Å². The fraction of sp³-hybridized carbons (Fsp3) is 0.111. The van der Waals surface area contributed by atoms with Crippen LogP contribution in [0.2, 0.25) is 0 Å². The Kier molecular flexibility index (Phi) is 4.38. The lowest BCUT2D eigenvalue weighted by Gasteiger charge is -2.22. The molecule has 0 atom stereocenters. The molecule has 2 aromatic carbocycles. The molecule has 0 saturated heterocycles. The summed E-state index contributed by atoms with van der Waals surface area (Å²) < 4.78 is 4.99. The monoisotopic (exact) mass is 307 g/mol. The van der Waals surface area contributed by atoms with Gasteiger partial charge in [0, 0.05) is 11.8 Å². The van der Waals surface area contributed by atoms with Crippen molar-refractivity contribution in [2.24, 2.45) is 0 Å². The lowest BCUT2D eigenvalue weighted by molar-refractivity contribution is 0.256. The summed E-state index contributed by atoms with van der Waals surface area (Å²) in [5.41, 5.74) is 1.86. The van der Waals surface area contributed by atoms with Crippen LogP contribution in [0.25, 0.3) is 0 Å². The van der Waals surface area contributed by atoms with Gasteiger partial charge in [-0.3, -0.25) is 10.2 Å². The van der Waals surface area contributed by atoms with Gasteiger partial charge in [-0.2, -0.15) is 0 Å². The van der Waals surface area contributed by atoms with Crippen LogP contribution >= 0.6 is 0 Å². The molecule has 1 heterocycles. The van der Waals surface area contributed by atoms with Crippen LogP contribution in [0.15, 0.2) is 71.3 Å². The van der Waals surface area contributed by atoms with Gasteiger partial charge in [-0.15, -0.1) is 0 Å². The highest BCUT2D eigenvalue weighted by Crippen LogP contribution is 2.19. The van der Waals surface area contributed by atoms with Crippen LogP contribution in [0.4, 0.5) is 16.3 Å². The third-order valence-electron chi connectivity index (χ3n) is 3.36. The molecule has 0 radical (unpaired) electrons. The number of nitrogens with zero attached hydrogens (tertiary/aromatic N) is 2. The first-order valence-electron chi connectivity index (χ1n) is 7.33. The van der Waals surface area contributed by atoms with Crippen molar-refractivity contribution >= 4 is 17.5 Å². The number of hydrogen-bond donors (Lipinski definition) is 1. The van der Waals surface area contributed by atoms with Crippen molar-refractivity contribution < 1.29 is 9.32 Å². The lowest BCUT2D eigenvalue weighted by atomic mass is 10.2. The number of carbonyl (C=O) groups excluding carboxylic acids is 1. The predicted octanol–water partition coefficient (Wildman–Crippen LogP) is 4.22. The van der Waals surface area contributed by atoms with Crippen molar-refractivity contribution in [2.45, 2.75) is 13.5 Å². The van der Waals surface area contributed by atoms with Crippen LogP contribution in [0, 0.1) is 6.92 Å². The molecule has 2 amide bonds. The van der Waals surface area contributed by atoms with E-state index >= 15 is 0 Å². The molecule has 0 fully saturated rings. The standard InChI is InChI=1S/C18H17N3O2/c1-14-12-17(20-23-14)19-18(22)21(16-10-6-3-7-11-16)13-15-8-4-2-5-9-15/h2-12H,13H2,1H3,(H,19,20,22). The molecule has 0 unspecified atom stereocenters. The Balaban J connectivity index is 1.84. The number of benzene rings is 2. The van der Waals surface area contributed by atoms with E-state index in [1.165, 1.54) is 0 Å². The lowest BCUT2D eigenvalue weighted by Crippen LogP contribution is -2.34. The van der Waals surface area contributed by atoms with Gasteiger partial charge in [0.2, 0.25) is 0 Å². The Labute approximate surface area is 134 Å². The first kappa shape index (κ1) is 14.8. The summed E-state index contributed by atoms with van der Waals surface area (Å²) in [7, 11) is 0. The van der Waals surface area contributed by atoms with Crippen LogP contribution in [-0.4, -0.2) is 11.2 Å². The number of rotatable bonds is 4. The minimum Gasteiger partial charge on any atom is -0.360 e. The molecule has 23 heavy (non-hydrogen) atoms. The van der Waals surface area contributed by atoms with Crippen LogP contribution in [-0.2, 0) is 6.54 Å². The Hall–Kier alpha value is -3.08. The number of aryl methyl sites for hydroxylation is 1. The van der Waals surface area contributed by atoms with Gasteiger partial charge in [0.15, 0.2) is 5.82 Å². The van der Waals surface area contributed by atoms with Gasteiger partial charge >= 0.3 is 6.03 Å². The highest BCUT2D eigenvalue weighted by molar-refractivity contribution is 6.01. The number of carbonyl (C=O) groups is 1. The third kappa shape index (κ3) is 3.77. The summed E-state index contributed by atoms with van der Waals surface area (Å²) in [4.78, 5) is 14.3. The zero-order valence-electron chi connectivity index (χ0n) is 12.8. The van der Waals surface area contributed by atoms with Crippen LogP contribution in [0.5, 0.6) is 0 Å². The Bertz CT molecular complexity index is 769. The fourth-order valence-electron chi connectivity index (χ4n) is 2.26. The van der Waals surface area contributed by atoms with E-state index in [-0.39, 0.29) is 6.03 Å². The van der Waals surface area contributed by atoms with E-state index in [4.69, 9.17) is 4.52 Å². The number of para-hydroxylation sites is 1. The molecule has 116 valence electrons. The maximum absolute atomic E-state index is 12.7. The second-order valence-electron chi connectivity index (χ2n) is 5.16. The molecule has 0 aliphatic carbocycles. The normalized spacial score (nSPS) is 10.3. The summed E-state index contributed by atoms with van der Waals surface area (Å²) in [6.07, 6.45) is 0. The summed E-state index contributed by atoms with van der Waals surface area (Å²) in [5.74, 6) is 1.05. The van der Waals surface area contributed by atoms with E-state index in [1.54, 1.807) is 17.9 Å². The number of amides is 2. The molecule has 0 aliphatic rings. The molecular formula is C18H17N3O2. The smallest absolute Gasteiger partial charge is 0.327 e. The molecule has 0 saturated carbocycles. The number of nitrogens with one attached hydrogen (secondary N) is 1. The second-order valence-corrected chi connectivity index (χ2v) is 5.16. The number of aromatic nitrogens is 1. The zero-order chi connectivity index (χ0) is 16.1. The van der Waals surface area contributed by atoms with E-state index in [1.807, 2.05) is 60.7 Å². The number of anilines is 2. The first-order chi connectivity index (χ1) is 11.2. The number of urea groups is 1. The zero-order valence-corrected chi connectivity index (χ0v) is 12.8. The van der Waals surface area contributed by atoms with Crippen molar-refractivity contribution in [3.8, 4) is 0 Å². The molecular weight excluding hydrogens is 290 g/mol. The minimum atomic E-state index is -0.256. The maximum Gasteiger partial charge on any atom is 0.327 e. The SMILES string of the molecule is Cc1cc(NC(=O)N(Cc2ccccc2)c2ccccc2)no1. The van der Waals surface area contributed by atoms with E-state index in [2.05, 4.69) is 10.5 Å². The Morgan fingerprint density at radius 3 is 2.35 bits per heavy atom. The molecule has 1 N–H and O–H groups in total. The average molecular weight is 307 g/mol. The first-order valence-corrected chi connectivity index (χ1v) is 7.33. The van der Waals surface area contributed by atoms with Crippen LogP contribution < -0.4 is 10.2 Å². The highest BCUT2D eigenvalue weighted by Gasteiger charge is 2.17. The van der Waals surface area contributed by atoms with Crippen molar-refractivity contribution in [1.82, 2.24) is 5.16 Å². The van der Waals surface area contributed by atoms with Crippen LogP contribution in [0.1, 0.15) is 11.3 Å². The summed E-state index contributed by atoms with van der Waals surface area (Å²) in [6.45, 7) is 2.25. The van der Waals surface area contributed by atoms with Crippen molar-refractivity contribution in [2.75, 3.05) is 10.2 Å². The van der Waals surface area contributed by atoms with E-state index in [9.17, 15) is 4.79 Å². The van der Waals surface area contributed by atoms with Crippen molar-refractivity contribution in [3.63, 3.8) is 0 Å². The molecule has 3 rings (SSSR count). The topological polar surface area (TPSA) is 58.4 Å². The molecule has 5 nitrogen and oxygen atoms in total. The quantitative estimate of drug-likeness (QED) is 0.785. The highest BCUT2D eigenvalue weighted by atomic mass is 16.5. The summed E-state index contributed by atoms with van der Waals surface area (Å²) >= 11 is 0. The average Bonchev–Trinajstić information content (AvgIpc) is 2.99. The van der Waals surface area contributed by atoms with Gasteiger partial charge < -0.3 is 4.52 Å². The van der Waals surface area contributed by atoms with Gasteiger partial charge in [-0.05, 0) is 24.6 Å². The molecule has 0 aliphatic heterocycles. The van der Waals surface area contributed by atoms with Crippen LogP contribution in [0.3, 0.4) is 0 Å². The fourth-order valence-corrected chi connectivity index (χ4v) is 2.26. The molecule has 3 aromatic rings. The van der Waals surface area contributed by atoms with E-state index < -0.39 is 0 Å². The largest absolute Gasteiger partial charge is 0.360 e. The van der Waals surface area contributed by atoms with E-state index in [0.29, 0.717) is 18.1 Å². The predicted molar refractivity (Wildman–Crippen MR) is 89.3 cm³/mol. The molecule has 0 bridgehead atoms. The molecule has 0 spiro atoms. The summed E-state index contributed by atoms with van der Waals surface area (Å²) in [6, 6.07) is 20.8. The third-order valence-corrected chi connectivity index (χ3v) is 3.36. The van der Waals surface area contributed by atoms with E-state index in [0.717, 1.165) is 11.3 Å². The van der Waals surface area contributed by atoms with Gasteiger partial charge in [0.1, 0.15) is 5.76 Å². The summed E-state index contributed by atoms with van der Waals surface area (Å²) in [5, 5.41) is 6.57. The Morgan fingerprint density at radius 1 is 1.09 bits per heavy atom. The number of hydrogen-bond acceptors (Lipinski definition) is 3. The van der Waals surface area contributed by atoms with Gasteiger partial charge in [0.25, 0.3) is 0 Å². The molecule has 5 heteroatoms. The second kappa shape index (κ2) is 6.79. The van der Waals surface area contributed by atoms with Gasteiger partial charge in [-0.25, -0.2) is 4.79 Å². The maximum atomic E-state index is 12.7. The van der Waals surface area contributed by atoms with Gasteiger partial charge in [-0.1, -0.05) is 53.7 Å². The Morgan fingerprint density at radius 2 is 1.74 bits per heavy atom. The van der Waals surface area contributed by atoms with Crippen molar-refractivity contribution in [1.29, 1.82) is 0 Å². The minimum absolute atomic E-state index is 0.256. The van der Waals surface area contributed by atoms with Crippen molar-refractivity contribution in [3.05, 3.63) is 78.1 Å². The molecule has 1 aromatic heterocycles.